The predicted octanol–water partition coefficient (Wildman–Crippen LogP) is 5.43. The average Bonchev–Trinajstić information content (AvgIpc) is 2.99. The minimum atomic E-state index is -0.427. The van der Waals surface area contributed by atoms with E-state index in [2.05, 4.69) is 33.2 Å². The summed E-state index contributed by atoms with van der Waals surface area (Å²) in [5, 5.41) is 16.2. The van der Waals surface area contributed by atoms with Crippen molar-refractivity contribution in [3.05, 3.63) is 85.3 Å². The lowest BCUT2D eigenvalue weighted by Crippen LogP contribution is -2.39. The molecule has 0 saturated carbocycles. The monoisotopic (exact) mass is 543 g/mol. The van der Waals surface area contributed by atoms with Crippen molar-refractivity contribution >= 4 is 34.5 Å². The van der Waals surface area contributed by atoms with Crippen molar-refractivity contribution in [3.8, 4) is 16.9 Å². The molecule has 1 saturated heterocycles. The van der Waals surface area contributed by atoms with E-state index in [0.717, 1.165) is 53.6 Å². The van der Waals surface area contributed by atoms with Gasteiger partial charge in [-0.2, -0.15) is 0 Å². The largest absolute Gasteiger partial charge is 0.490 e. The molecule has 2 heterocycles. The third-order valence-electron chi connectivity index (χ3n) is 6.61. The summed E-state index contributed by atoms with van der Waals surface area (Å²) in [5.74, 6) is 0.400. The van der Waals surface area contributed by atoms with Crippen LogP contribution in [0.2, 0.25) is 0 Å². The Labute approximate surface area is 233 Å². The van der Waals surface area contributed by atoms with Gasteiger partial charge in [-0.1, -0.05) is 36.9 Å². The Bertz CT molecular complexity index is 1430. The van der Waals surface area contributed by atoms with Gasteiger partial charge < -0.3 is 25.4 Å². The molecule has 208 valence electrons. The van der Waals surface area contributed by atoms with Gasteiger partial charge in [-0.05, 0) is 48.7 Å². The second-order valence-corrected chi connectivity index (χ2v) is 9.29. The molecule has 0 bridgehead atoms. The van der Waals surface area contributed by atoms with Crippen LogP contribution in [-0.2, 0) is 4.79 Å². The van der Waals surface area contributed by atoms with Crippen LogP contribution in [0.1, 0.15) is 12.8 Å². The summed E-state index contributed by atoms with van der Waals surface area (Å²) in [7, 11) is 1.89. The number of nitrogens with one attached hydrogen (secondary N) is 2. The molecule has 1 aliphatic rings. The number of aldehydes is 1. The van der Waals surface area contributed by atoms with Crippen LogP contribution in [0.15, 0.2) is 79.5 Å². The molecule has 3 N–H and O–H groups in total. The number of fused-ring (bicyclic) bond motifs is 1. The molecule has 8 nitrogen and oxygen atoms in total. The highest BCUT2D eigenvalue weighted by Gasteiger charge is 2.20. The van der Waals surface area contributed by atoms with Gasteiger partial charge in [0, 0.05) is 55.6 Å². The maximum Gasteiger partial charge on any atom is 0.227 e. The number of para-hydroxylation sites is 1. The first kappa shape index (κ1) is 28.7. The van der Waals surface area contributed by atoms with Gasteiger partial charge in [0.2, 0.25) is 5.95 Å². The lowest BCUT2D eigenvalue weighted by atomic mass is 10.0. The number of ether oxygens (including phenoxy) is 1. The SMILES string of the molecule is C=CC=O.CNc1cccc(-c2cccc3cnc(Nc4ccc(OC5CCN(CCO)CC5)cc4F)nc23)c1. The normalized spacial score (nSPS) is 13.7. The quantitative estimate of drug-likeness (QED) is 0.190. The van der Waals surface area contributed by atoms with E-state index in [1.165, 1.54) is 12.1 Å². The number of benzene rings is 3. The summed E-state index contributed by atoms with van der Waals surface area (Å²) in [6.07, 6.45) is 5.33. The number of hydrogen-bond acceptors (Lipinski definition) is 8. The minimum Gasteiger partial charge on any atom is -0.490 e. The lowest BCUT2D eigenvalue weighted by molar-refractivity contribution is -0.104. The zero-order valence-corrected chi connectivity index (χ0v) is 22.5. The Kier molecular flexibility index (Phi) is 10.1. The number of halogens is 1. The van der Waals surface area contributed by atoms with Gasteiger partial charge in [0.1, 0.15) is 24.0 Å². The van der Waals surface area contributed by atoms with E-state index < -0.39 is 5.82 Å². The van der Waals surface area contributed by atoms with Crippen LogP contribution in [0.3, 0.4) is 0 Å². The van der Waals surface area contributed by atoms with Crippen LogP contribution in [0.25, 0.3) is 22.0 Å². The fourth-order valence-corrected chi connectivity index (χ4v) is 4.57. The first-order valence-electron chi connectivity index (χ1n) is 13.2. The fourth-order valence-electron chi connectivity index (χ4n) is 4.57. The molecule has 0 aliphatic carbocycles. The number of likely N-dealkylation sites (tertiary alicyclic amines) is 1. The van der Waals surface area contributed by atoms with Gasteiger partial charge in [-0.15, -0.1) is 0 Å². The van der Waals surface area contributed by atoms with Crippen molar-refractivity contribution in [2.24, 2.45) is 0 Å². The van der Waals surface area contributed by atoms with Gasteiger partial charge >= 0.3 is 0 Å². The second-order valence-electron chi connectivity index (χ2n) is 9.29. The number of carbonyl (C=O) groups excluding carboxylic acids is 1. The van der Waals surface area contributed by atoms with Gasteiger partial charge in [-0.3, -0.25) is 4.79 Å². The number of hydrogen-bond donors (Lipinski definition) is 3. The van der Waals surface area contributed by atoms with Crippen molar-refractivity contribution in [2.45, 2.75) is 18.9 Å². The van der Waals surface area contributed by atoms with E-state index in [0.29, 0.717) is 24.5 Å². The summed E-state index contributed by atoms with van der Waals surface area (Å²) in [6, 6.07) is 18.9. The number of β-amino-alcohol motifs (C(OH)–C–C–N with tert-alkyl or cyclic N) is 1. The maximum absolute atomic E-state index is 15.0. The van der Waals surface area contributed by atoms with Crippen molar-refractivity contribution in [3.63, 3.8) is 0 Å². The van der Waals surface area contributed by atoms with Crippen LogP contribution < -0.4 is 15.4 Å². The molecule has 3 aromatic carbocycles. The molecule has 0 atom stereocenters. The van der Waals surface area contributed by atoms with Crippen molar-refractivity contribution in [2.75, 3.05) is 43.9 Å². The number of anilines is 3. The number of aliphatic hydroxyl groups excluding tert-OH is 1. The molecule has 0 amide bonds. The van der Waals surface area contributed by atoms with Crippen molar-refractivity contribution in [1.29, 1.82) is 0 Å². The van der Waals surface area contributed by atoms with Crippen LogP contribution in [0, 0.1) is 5.82 Å². The molecule has 1 aromatic heterocycles. The van der Waals surface area contributed by atoms with Gasteiger partial charge in [0.15, 0.2) is 0 Å². The third-order valence-corrected chi connectivity index (χ3v) is 6.61. The fraction of sp³-hybridized carbons (Fsp3) is 0.258. The first-order chi connectivity index (χ1) is 19.5. The van der Waals surface area contributed by atoms with Crippen LogP contribution in [0.4, 0.5) is 21.7 Å². The summed E-state index contributed by atoms with van der Waals surface area (Å²) in [6.45, 7) is 5.70. The van der Waals surface area contributed by atoms with Crippen molar-refractivity contribution < 1.29 is 19.0 Å². The summed E-state index contributed by atoms with van der Waals surface area (Å²) in [4.78, 5) is 20.4. The second kappa shape index (κ2) is 14.2. The molecule has 1 fully saturated rings. The predicted molar refractivity (Wildman–Crippen MR) is 158 cm³/mol. The number of nitrogens with zero attached hydrogens (tertiary/aromatic N) is 3. The average molecular weight is 544 g/mol. The molecular weight excluding hydrogens is 509 g/mol. The Morgan fingerprint density at radius 3 is 2.62 bits per heavy atom. The topological polar surface area (TPSA) is 99.6 Å². The van der Waals surface area contributed by atoms with Crippen LogP contribution >= 0.6 is 0 Å². The molecule has 0 radical (unpaired) electrons. The van der Waals surface area contributed by atoms with E-state index in [1.54, 1.807) is 18.3 Å². The van der Waals surface area contributed by atoms with E-state index >= 15 is 0 Å². The van der Waals surface area contributed by atoms with Crippen molar-refractivity contribution in [1.82, 2.24) is 14.9 Å². The Morgan fingerprint density at radius 2 is 1.93 bits per heavy atom. The van der Waals surface area contributed by atoms with Gasteiger partial charge in [0.05, 0.1) is 17.8 Å². The van der Waals surface area contributed by atoms with E-state index in [1.807, 2.05) is 43.4 Å². The Hall–Kier alpha value is -4.34. The number of allylic oxidation sites excluding steroid dienone is 1. The third kappa shape index (κ3) is 7.40. The molecule has 5 rings (SSSR count). The summed E-state index contributed by atoms with van der Waals surface area (Å²) in [5.41, 5.74) is 4.10. The standard InChI is InChI=1S/C28H30FN5O2.C3H4O/c1-30-21-6-2-4-19(16-21)24-7-3-5-20-18-31-28(33-27(20)24)32-26-9-8-23(17-25(26)29)36-22-10-12-34(13-11-22)14-15-35;1-2-3-4/h2-9,16-18,22,30,35H,10-15H2,1H3,(H,31,32,33);2-3H,1H2. The summed E-state index contributed by atoms with van der Waals surface area (Å²) >= 11 is 0. The highest BCUT2D eigenvalue weighted by atomic mass is 19.1. The van der Waals surface area contributed by atoms with Gasteiger partial charge in [-0.25, -0.2) is 14.4 Å². The molecular formula is C31H34FN5O3. The van der Waals surface area contributed by atoms with Crippen LogP contribution in [-0.4, -0.2) is 65.7 Å². The molecule has 0 unspecified atom stereocenters. The minimum absolute atomic E-state index is 0.0433. The van der Waals surface area contributed by atoms with E-state index in [-0.39, 0.29) is 18.4 Å². The number of aliphatic hydroxyl groups is 1. The maximum atomic E-state index is 15.0. The number of piperidine rings is 1. The molecule has 0 spiro atoms. The smallest absolute Gasteiger partial charge is 0.227 e. The highest BCUT2D eigenvalue weighted by Crippen LogP contribution is 2.30. The lowest BCUT2D eigenvalue weighted by Gasteiger charge is -2.31. The molecule has 1 aliphatic heterocycles. The Morgan fingerprint density at radius 1 is 1.15 bits per heavy atom. The van der Waals surface area contributed by atoms with E-state index in [4.69, 9.17) is 19.6 Å². The number of rotatable bonds is 9. The summed E-state index contributed by atoms with van der Waals surface area (Å²) < 4.78 is 21.0. The van der Waals surface area contributed by atoms with E-state index in [9.17, 15) is 4.39 Å². The first-order valence-corrected chi connectivity index (χ1v) is 13.2. The highest BCUT2D eigenvalue weighted by molar-refractivity contribution is 5.94. The molecule has 4 aromatic rings. The zero-order valence-electron chi connectivity index (χ0n) is 22.5. The van der Waals surface area contributed by atoms with Gasteiger partial charge in [0.25, 0.3) is 0 Å². The molecule has 40 heavy (non-hydrogen) atoms. The zero-order chi connectivity index (χ0) is 28.3. The molecule has 9 heteroatoms. The number of carbonyl (C=O) groups is 1. The van der Waals surface area contributed by atoms with Crippen LogP contribution in [0.5, 0.6) is 5.75 Å². The number of aromatic nitrogens is 2. The Balaban J connectivity index is 0.000000867.